The summed E-state index contributed by atoms with van der Waals surface area (Å²) < 4.78 is 0. The maximum atomic E-state index is 12.2. The molecule has 4 heteroatoms. The molecule has 0 unspecified atom stereocenters. The van der Waals surface area contributed by atoms with Crippen molar-refractivity contribution in [2.75, 3.05) is 17.3 Å². The van der Waals surface area contributed by atoms with Gasteiger partial charge < -0.3 is 10.2 Å². The quantitative estimate of drug-likeness (QED) is 0.925. The highest BCUT2D eigenvalue weighted by molar-refractivity contribution is 5.98. The van der Waals surface area contributed by atoms with E-state index in [2.05, 4.69) is 19.2 Å². The van der Waals surface area contributed by atoms with E-state index in [0.717, 1.165) is 24.2 Å². The molecular formula is C17H22N2O2. The van der Waals surface area contributed by atoms with Gasteiger partial charge in [-0.15, -0.1) is 0 Å². The summed E-state index contributed by atoms with van der Waals surface area (Å²) >= 11 is 0. The summed E-state index contributed by atoms with van der Waals surface area (Å²) in [5.41, 5.74) is 1.60. The van der Waals surface area contributed by atoms with E-state index < -0.39 is 0 Å². The van der Waals surface area contributed by atoms with Crippen molar-refractivity contribution in [3.05, 3.63) is 24.3 Å². The lowest BCUT2D eigenvalue weighted by Gasteiger charge is -2.18. The van der Waals surface area contributed by atoms with Gasteiger partial charge in [-0.2, -0.15) is 0 Å². The maximum Gasteiger partial charge on any atom is 0.230 e. The first-order chi connectivity index (χ1) is 9.97. The van der Waals surface area contributed by atoms with Gasteiger partial charge in [0.1, 0.15) is 0 Å². The Morgan fingerprint density at radius 2 is 1.76 bits per heavy atom. The number of rotatable bonds is 4. The second-order valence-electron chi connectivity index (χ2n) is 6.58. The molecule has 3 rings (SSSR count). The van der Waals surface area contributed by atoms with Crippen LogP contribution in [0.3, 0.4) is 0 Å². The van der Waals surface area contributed by atoms with Crippen LogP contribution in [-0.4, -0.2) is 18.9 Å². The molecule has 4 nitrogen and oxygen atoms in total. The van der Waals surface area contributed by atoms with Crippen LogP contribution >= 0.6 is 0 Å². The van der Waals surface area contributed by atoms with Crippen molar-refractivity contribution in [1.29, 1.82) is 0 Å². The van der Waals surface area contributed by atoms with E-state index in [1.54, 1.807) is 11.9 Å². The summed E-state index contributed by atoms with van der Waals surface area (Å²) in [5.74, 6) is 1.57. The van der Waals surface area contributed by atoms with Gasteiger partial charge in [-0.25, -0.2) is 0 Å². The zero-order valence-corrected chi connectivity index (χ0v) is 12.8. The van der Waals surface area contributed by atoms with Crippen LogP contribution in [-0.2, 0) is 9.59 Å². The fourth-order valence-corrected chi connectivity index (χ4v) is 2.76. The Bertz CT molecular complexity index is 584. The van der Waals surface area contributed by atoms with Gasteiger partial charge in [0, 0.05) is 30.3 Å². The van der Waals surface area contributed by atoms with E-state index in [9.17, 15) is 9.59 Å². The summed E-state index contributed by atoms with van der Waals surface area (Å²) in [7, 11) is 1.80. The third-order valence-corrected chi connectivity index (χ3v) is 4.70. The van der Waals surface area contributed by atoms with Crippen LogP contribution in [0, 0.1) is 23.7 Å². The van der Waals surface area contributed by atoms with Gasteiger partial charge >= 0.3 is 0 Å². The molecule has 0 saturated heterocycles. The minimum absolute atomic E-state index is 0.0874. The molecule has 112 valence electrons. The van der Waals surface area contributed by atoms with Gasteiger partial charge in [0.15, 0.2) is 0 Å². The van der Waals surface area contributed by atoms with Gasteiger partial charge in [0.05, 0.1) is 0 Å². The predicted octanol–water partition coefficient (Wildman–Crippen LogP) is 2.90. The zero-order valence-electron chi connectivity index (χ0n) is 12.8. The van der Waals surface area contributed by atoms with E-state index >= 15 is 0 Å². The van der Waals surface area contributed by atoms with E-state index in [1.165, 1.54) is 0 Å². The lowest BCUT2D eigenvalue weighted by Crippen LogP contribution is -2.28. The zero-order chi connectivity index (χ0) is 15.1. The Balaban J connectivity index is 1.67. The van der Waals surface area contributed by atoms with Crippen LogP contribution in [0.25, 0.3) is 0 Å². The Kier molecular flexibility index (Phi) is 3.47. The van der Waals surface area contributed by atoms with E-state index in [4.69, 9.17) is 0 Å². The Hall–Kier alpha value is -1.84. The average molecular weight is 286 g/mol. The third kappa shape index (κ3) is 2.94. The minimum atomic E-state index is 0.0874. The molecule has 2 aliphatic carbocycles. The first-order valence-electron chi connectivity index (χ1n) is 7.66. The van der Waals surface area contributed by atoms with Gasteiger partial charge in [0.25, 0.3) is 0 Å². The lowest BCUT2D eigenvalue weighted by atomic mass is 10.2. The molecule has 21 heavy (non-hydrogen) atoms. The van der Waals surface area contributed by atoms with Crippen molar-refractivity contribution in [2.45, 2.75) is 26.7 Å². The molecule has 1 N–H and O–H groups in total. The Morgan fingerprint density at radius 3 is 2.33 bits per heavy atom. The number of hydrogen-bond acceptors (Lipinski definition) is 2. The number of benzene rings is 1. The fourth-order valence-electron chi connectivity index (χ4n) is 2.76. The van der Waals surface area contributed by atoms with Crippen LogP contribution in [0.2, 0.25) is 0 Å². The standard InChI is InChI=1S/C17H22N2O2/c1-10-7-14(10)16(20)18-12-5-4-6-13(9-12)19(3)17(21)15-8-11(15)2/h4-6,9-11,14-15H,7-8H2,1-3H3,(H,18,20)/t10-,11-,14+,15+/m1/s1. The van der Waals surface area contributed by atoms with Crippen molar-refractivity contribution in [3.8, 4) is 0 Å². The van der Waals surface area contributed by atoms with Gasteiger partial charge in [-0.1, -0.05) is 19.9 Å². The predicted molar refractivity (Wildman–Crippen MR) is 83.0 cm³/mol. The monoisotopic (exact) mass is 286 g/mol. The first kappa shape index (κ1) is 14.1. The molecule has 0 bridgehead atoms. The maximum absolute atomic E-state index is 12.2. The minimum Gasteiger partial charge on any atom is -0.326 e. The molecule has 0 aliphatic heterocycles. The van der Waals surface area contributed by atoms with E-state index in [0.29, 0.717) is 11.8 Å². The van der Waals surface area contributed by atoms with Crippen molar-refractivity contribution in [3.63, 3.8) is 0 Å². The van der Waals surface area contributed by atoms with Crippen molar-refractivity contribution in [2.24, 2.45) is 23.7 Å². The second-order valence-corrected chi connectivity index (χ2v) is 6.58. The lowest BCUT2D eigenvalue weighted by molar-refractivity contribution is -0.120. The van der Waals surface area contributed by atoms with Crippen molar-refractivity contribution < 1.29 is 9.59 Å². The number of carbonyl (C=O) groups is 2. The van der Waals surface area contributed by atoms with Crippen LogP contribution in [0.4, 0.5) is 11.4 Å². The third-order valence-electron chi connectivity index (χ3n) is 4.70. The van der Waals surface area contributed by atoms with Crippen LogP contribution in [0.15, 0.2) is 24.3 Å². The highest BCUT2D eigenvalue weighted by Gasteiger charge is 2.41. The molecule has 1 aromatic carbocycles. The van der Waals surface area contributed by atoms with Gasteiger partial charge in [-0.05, 0) is 42.9 Å². The van der Waals surface area contributed by atoms with Crippen molar-refractivity contribution >= 4 is 23.2 Å². The number of nitrogens with zero attached hydrogens (tertiary/aromatic N) is 1. The Labute approximate surface area is 125 Å². The molecule has 0 radical (unpaired) electrons. The molecular weight excluding hydrogens is 264 g/mol. The first-order valence-corrected chi connectivity index (χ1v) is 7.66. The van der Waals surface area contributed by atoms with Crippen molar-refractivity contribution in [1.82, 2.24) is 0 Å². The SMILES string of the molecule is C[C@@H]1C[C@@H]1C(=O)Nc1cccc(N(C)C(=O)[C@H]2C[C@H]2C)c1. The van der Waals surface area contributed by atoms with E-state index in [1.807, 2.05) is 24.3 Å². The highest BCUT2D eigenvalue weighted by atomic mass is 16.2. The summed E-state index contributed by atoms with van der Waals surface area (Å²) in [6.07, 6.45) is 1.96. The molecule has 2 aliphatic rings. The fraction of sp³-hybridized carbons (Fsp3) is 0.529. The molecule has 2 fully saturated rings. The number of carbonyl (C=O) groups excluding carboxylic acids is 2. The molecule has 0 spiro atoms. The summed E-state index contributed by atoms with van der Waals surface area (Å²) in [5, 5.41) is 2.95. The van der Waals surface area contributed by atoms with Crippen LogP contribution < -0.4 is 10.2 Å². The van der Waals surface area contributed by atoms with Crippen LogP contribution in [0.5, 0.6) is 0 Å². The second kappa shape index (κ2) is 5.17. The summed E-state index contributed by atoms with van der Waals surface area (Å²) in [6, 6.07) is 7.52. The topological polar surface area (TPSA) is 49.4 Å². The molecule has 0 aromatic heterocycles. The number of nitrogens with one attached hydrogen (secondary N) is 1. The summed E-state index contributed by atoms with van der Waals surface area (Å²) in [6.45, 7) is 4.19. The number of hydrogen-bond donors (Lipinski definition) is 1. The van der Waals surface area contributed by atoms with Gasteiger partial charge in [0.2, 0.25) is 11.8 Å². The molecule has 4 atom stereocenters. The van der Waals surface area contributed by atoms with Crippen LogP contribution in [0.1, 0.15) is 26.7 Å². The molecule has 0 heterocycles. The highest BCUT2D eigenvalue weighted by Crippen LogP contribution is 2.40. The molecule has 2 saturated carbocycles. The Morgan fingerprint density at radius 1 is 1.14 bits per heavy atom. The molecule has 1 aromatic rings. The normalized spacial score (nSPS) is 29.7. The largest absolute Gasteiger partial charge is 0.326 e. The molecule has 2 amide bonds. The number of amides is 2. The summed E-state index contributed by atoms with van der Waals surface area (Å²) in [4.78, 5) is 25.9. The average Bonchev–Trinajstić information content (AvgIpc) is 3.36. The van der Waals surface area contributed by atoms with Gasteiger partial charge in [-0.3, -0.25) is 9.59 Å². The smallest absolute Gasteiger partial charge is 0.230 e. The number of anilines is 2. The van der Waals surface area contributed by atoms with E-state index in [-0.39, 0.29) is 23.7 Å².